The number of carbonyl (C=O) groups is 2. The number of carboxylic acid groups (broad SMARTS) is 1. The van der Waals surface area contributed by atoms with E-state index in [0.29, 0.717) is 48.1 Å². The SMILES string of the molecule is CCCCN(C)C(=O)OCc1c(-c2ccc(O[C@H]3CCO[C@H](C(=O)O)C3)c(C)n2)nnn1C. The number of carboxylic acids is 1. The number of carbonyl (C=O) groups excluding carboxylic acids is 1. The van der Waals surface area contributed by atoms with Gasteiger partial charge < -0.3 is 24.2 Å². The fourth-order valence-corrected chi connectivity index (χ4v) is 3.49. The predicted molar refractivity (Wildman–Crippen MR) is 118 cm³/mol. The molecule has 33 heavy (non-hydrogen) atoms. The van der Waals surface area contributed by atoms with Gasteiger partial charge in [-0.3, -0.25) is 0 Å². The van der Waals surface area contributed by atoms with Gasteiger partial charge in [-0.1, -0.05) is 18.6 Å². The Morgan fingerprint density at radius 1 is 1.36 bits per heavy atom. The lowest BCUT2D eigenvalue weighted by Gasteiger charge is -2.28. The fraction of sp³-hybridized carbons (Fsp3) is 0.591. The van der Waals surface area contributed by atoms with Crippen molar-refractivity contribution in [1.29, 1.82) is 0 Å². The Labute approximate surface area is 192 Å². The van der Waals surface area contributed by atoms with Crippen molar-refractivity contribution in [2.45, 2.75) is 58.3 Å². The van der Waals surface area contributed by atoms with Gasteiger partial charge in [-0.05, 0) is 25.5 Å². The number of hydrogen-bond acceptors (Lipinski definition) is 8. The molecule has 180 valence electrons. The molecule has 2 atom stereocenters. The minimum Gasteiger partial charge on any atom is -0.488 e. The topological polar surface area (TPSA) is 129 Å². The van der Waals surface area contributed by atoms with Gasteiger partial charge in [0.2, 0.25) is 0 Å². The molecule has 1 aliphatic heterocycles. The molecule has 1 fully saturated rings. The van der Waals surface area contributed by atoms with Crippen LogP contribution in [-0.4, -0.2) is 74.5 Å². The highest BCUT2D eigenvalue weighted by Crippen LogP contribution is 2.27. The zero-order valence-electron chi connectivity index (χ0n) is 19.5. The number of unbranched alkanes of at least 4 members (excludes halogenated alkanes) is 1. The summed E-state index contributed by atoms with van der Waals surface area (Å²) in [5, 5.41) is 17.4. The maximum atomic E-state index is 12.2. The number of aryl methyl sites for hydroxylation is 2. The van der Waals surface area contributed by atoms with E-state index in [1.807, 2.05) is 6.92 Å². The highest BCUT2D eigenvalue weighted by molar-refractivity contribution is 5.72. The lowest BCUT2D eigenvalue weighted by atomic mass is 10.1. The van der Waals surface area contributed by atoms with Crippen LogP contribution in [0.4, 0.5) is 4.79 Å². The lowest BCUT2D eigenvalue weighted by molar-refractivity contribution is -0.156. The molecular formula is C22H31N5O6. The summed E-state index contributed by atoms with van der Waals surface area (Å²) in [5.41, 5.74) is 2.36. The second kappa shape index (κ2) is 11.1. The zero-order chi connectivity index (χ0) is 24.0. The Hall–Kier alpha value is -3.21. The van der Waals surface area contributed by atoms with E-state index in [-0.39, 0.29) is 19.1 Å². The predicted octanol–water partition coefficient (Wildman–Crippen LogP) is 2.57. The van der Waals surface area contributed by atoms with E-state index in [0.717, 1.165) is 12.8 Å². The van der Waals surface area contributed by atoms with Gasteiger partial charge in [-0.15, -0.1) is 5.10 Å². The zero-order valence-corrected chi connectivity index (χ0v) is 19.5. The van der Waals surface area contributed by atoms with Crippen molar-refractivity contribution in [3.05, 3.63) is 23.5 Å². The van der Waals surface area contributed by atoms with E-state index in [2.05, 4.69) is 22.2 Å². The van der Waals surface area contributed by atoms with Crippen LogP contribution in [0.1, 0.15) is 44.0 Å². The number of nitrogens with zero attached hydrogens (tertiary/aromatic N) is 5. The molecule has 0 radical (unpaired) electrons. The summed E-state index contributed by atoms with van der Waals surface area (Å²) in [6.45, 7) is 4.86. The van der Waals surface area contributed by atoms with Crippen LogP contribution in [0, 0.1) is 6.92 Å². The molecule has 0 bridgehead atoms. The van der Waals surface area contributed by atoms with E-state index in [1.165, 1.54) is 0 Å². The minimum absolute atomic E-state index is 0.0196. The summed E-state index contributed by atoms with van der Waals surface area (Å²) < 4.78 is 18.3. The highest BCUT2D eigenvalue weighted by Gasteiger charge is 2.29. The molecule has 11 heteroatoms. The average molecular weight is 462 g/mol. The summed E-state index contributed by atoms with van der Waals surface area (Å²) in [6, 6.07) is 3.55. The van der Waals surface area contributed by atoms with Crippen molar-refractivity contribution in [2.75, 3.05) is 20.2 Å². The van der Waals surface area contributed by atoms with Crippen LogP contribution < -0.4 is 4.74 Å². The van der Waals surface area contributed by atoms with Crippen LogP contribution in [0.15, 0.2) is 12.1 Å². The number of aliphatic carboxylic acids is 1. The molecule has 3 rings (SSSR count). The number of rotatable bonds is 9. The summed E-state index contributed by atoms with van der Waals surface area (Å²) in [7, 11) is 3.44. The molecule has 0 aliphatic carbocycles. The van der Waals surface area contributed by atoms with E-state index < -0.39 is 18.2 Å². The first-order valence-electron chi connectivity index (χ1n) is 11.1. The highest BCUT2D eigenvalue weighted by atomic mass is 16.6. The van der Waals surface area contributed by atoms with Gasteiger partial charge in [0.25, 0.3) is 0 Å². The van der Waals surface area contributed by atoms with Gasteiger partial charge in [-0.2, -0.15) is 0 Å². The molecule has 0 aromatic carbocycles. The van der Waals surface area contributed by atoms with Crippen LogP contribution in [0.5, 0.6) is 5.75 Å². The second-order valence-corrected chi connectivity index (χ2v) is 8.08. The van der Waals surface area contributed by atoms with Crippen molar-refractivity contribution in [3.63, 3.8) is 0 Å². The second-order valence-electron chi connectivity index (χ2n) is 8.08. The minimum atomic E-state index is -0.985. The summed E-state index contributed by atoms with van der Waals surface area (Å²) >= 11 is 0. The number of amides is 1. The maximum Gasteiger partial charge on any atom is 0.409 e. The third kappa shape index (κ3) is 6.19. The van der Waals surface area contributed by atoms with Gasteiger partial charge in [0.1, 0.15) is 29.8 Å². The Balaban J connectivity index is 1.68. The van der Waals surface area contributed by atoms with Gasteiger partial charge >= 0.3 is 12.1 Å². The van der Waals surface area contributed by atoms with Crippen molar-refractivity contribution < 1.29 is 28.9 Å². The van der Waals surface area contributed by atoms with E-state index >= 15 is 0 Å². The molecule has 0 unspecified atom stereocenters. The Morgan fingerprint density at radius 3 is 2.85 bits per heavy atom. The van der Waals surface area contributed by atoms with Crippen molar-refractivity contribution in [1.82, 2.24) is 24.9 Å². The molecule has 2 aromatic heterocycles. The standard InChI is InChI=1S/C22H31N5O6/c1-5-6-10-26(3)22(30)32-13-17-20(24-25-27(17)4)16-7-8-18(14(2)23-16)33-15-9-11-31-19(12-15)21(28)29/h7-8,15,19H,5-6,9-13H2,1-4H3,(H,28,29)/t15-,19-/m0/s1. The summed E-state index contributed by atoms with van der Waals surface area (Å²) in [5.74, 6) is -0.412. The molecule has 1 saturated heterocycles. The summed E-state index contributed by atoms with van der Waals surface area (Å²) in [4.78, 5) is 29.6. The van der Waals surface area contributed by atoms with E-state index in [9.17, 15) is 14.7 Å². The third-order valence-corrected chi connectivity index (χ3v) is 5.52. The molecule has 1 N–H and O–H groups in total. The quantitative estimate of drug-likeness (QED) is 0.599. The molecule has 11 nitrogen and oxygen atoms in total. The van der Waals surface area contributed by atoms with Crippen LogP contribution >= 0.6 is 0 Å². The van der Waals surface area contributed by atoms with Crippen molar-refractivity contribution in [3.8, 4) is 17.1 Å². The molecule has 0 spiro atoms. The number of pyridine rings is 1. The van der Waals surface area contributed by atoms with Crippen LogP contribution in [0.2, 0.25) is 0 Å². The Bertz CT molecular complexity index is 978. The lowest BCUT2D eigenvalue weighted by Crippen LogP contribution is -2.37. The molecule has 1 aliphatic rings. The molecule has 1 amide bonds. The first-order valence-corrected chi connectivity index (χ1v) is 11.1. The van der Waals surface area contributed by atoms with Gasteiger partial charge in [0, 0.05) is 33.5 Å². The first-order chi connectivity index (χ1) is 15.8. The van der Waals surface area contributed by atoms with Gasteiger partial charge in [-0.25, -0.2) is 19.3 Å². The molecule has 0 saturated carbocycles. The van der Waals surface area contributed by atoms with Gasteiger partial charge in [0.15, 0.2) is 6.10 Å². The first kappa shape index (κ1) is 24.4. The van der Waals surface area contributed by atoms with Crippen molar-refractivity contribution >= 4 is 12.1 Å². The Kier molecular flexibility index (Phi) is 8.21. The van der Waals surface area contributed by atoms with Crippen LogP contribution in [0.25, 0.3) is 11.4 Å². The van der Waals surface area contributed by atoms with Crippen LogP contribution in [-0.2, 0) is 27.9 Å². The largest absolute Gasteiger partial charge is 0.488 e. The average Bonchev–Trinajstić information content (AvgIpc) is 3.17. The van der Waals surface area contributed by atoms with Crippen LogP contribution in [0.3, 0.4) is 0 Å². The molecule has 2 aromatic rings. The monoisotopic (exact) mass is 461 g/mol. The number of ether oxygens (including phenoxy) is 3. The fourth-order valence-electron chi connectivity index (χ4n) is 3.49. The normalized spacial score (nSPS) is 18.1. The molecule has 3 heterocycles. The maximum absolute atomic E-state index is 12.2. The Morgan fingerprint density at radius 2 is 2.15 bits per heavy atom. The molecular weight excluding hydrogens is 430 g/mol. The van der Waals surface area contributed by atoms with E-state index in [1.54, 1.807) is 35.8 Å². The van der Waals surface area contributed by atoms with E-state index in [4.69, 9.17) is 14.2 Å². The number of aromatic nitrogens is 4. The number of hydrogen-bond donors (Lipinski definition) is 1. The smallest absolute Gasteiger partial charge is 0.409 e. The van der Waals surface area contributed by atoms with Crippen molar-refractivity contribution in [2.24, 2.45) is 7.05 Å². The van der Waals surface area contributed by atoms with Gasteiger partial charge in [0.05, 0.1) is 18.0 Å². The summed E-state index contributed by atoms with van der Waals surface area (Å²) in [6.07, 6.45) is 1.27. The third-order valence-electron chi connectivity index (χ3n) is 5.52.